The van der Waals surface area contributed by atoms with Gasteiger partial charge in [-0.2, -0.15) is 0 Å². The van der Waals surface area contributed by atoms with E-state index in [4.69, 9.17) is 0 Å². The van der Waals surface area contributed by atoms with Gasteiger partial charge in [-0.3, -0.25) is 9.59 Å². The van der Waals surface area contributed by atoms with E-state index in [-0.39, 0.29) is 17.2 Å². The van der Waals surface area contributed by atoms with Crippen molar-refractivity contribution in [1.29, 1.82) is 0 Å². The van der Waals surface area contributed by atoms with Crippen molar-refractivity contribution in [2.75, 3.05) is 0 Å². The van der Waals surface area contributed by atoms with Crippen LogP contribution in [0.3, 0.4) is 0 Å². The Kier molecular flexibility index (Phi) is 3.95. The van der Waals surface area contributed by atoms with Crippen molar-refractivity contribution in [2.45, 2.75) is 44.7 Å². The minimum Gasteiger partial charge on any atom is -0.357 e. The maximum atomic E-state index is 12.3. The Hall–Kier alpha value is -2.56. The number of carbonyl (C=O) groups excluding carboxylic acids is 2. The molecule has 0 saturated carbocycles. The lowest BCUT2D eigenvalue weighted by molar-refractivity contribution is -0.136. The van der Waals surface area contributed by atoms with Crippen LogP contribution in [0.15, 0.2) is 36.9 Å². The molecule has 2 amide bonds. The molecule has 126 valence electrons. The number of amides is 2. The zero-order valence-corrected chi connectivity index (χ0v) is 14.3. The second-order valence-electron chi connectivity index (χ2n) is 6.95. The van der Waals surface area contributed by atoms with Gasteiger partial charge in [-0.25, -0.2) is 0 Å². The minimum absolute atomic E-state index is 0.144. The van der Waals surface area contributed by atoms with Crippen molar-refractivity contribution in [3.8, 4) is 0 Å². The van der Waals surface area contributed by atoms with E-state index < -0.39 is 12.1 Å². The summed E-state index contributed by atoms with van der Waals surface area (Å²) in [7, 11) is 0. The van der Waals surface area contributed by atoms with E-state index in [9.17, 15) is 9.59 Å². The van der Waals surface area contributed by atoms with E-state index in [0.717, 1.165) is 22.2 Å². The number of piperazine rings is 1. The van der Waals surface area contributed by atoms with E-state index >= 15 is 0 Å². The van der Waals surface area contributed by atoms with E-state index in [2.05, 4.69) is 36.0 Å². The van der Waals surface area contributed by atoms with Gasteiger partial charge in [0.15, 0.2) is 0 Å². The smallest absolute Gasteiger partial charge is 0.243 e. The molecule has 1 aliphatic heterocycles. The summed E-state index contributed by atoms with van der Waals surface area (Å²) in [6, 6.07) is 6.96. The highest BCUT2D eigenvalue weighted by Gasteiger charge is 2.33. The molecule has 2 aromatic rings. The van der Waals surface area contributed by atoms with Crippen LogP contribution in [0.25, 0.3) is 10.9 Å². The third kappa shape index (κ3) is 2.70. The lowest BCUT2D eigenvalue weighted by atomic mass is 9.84. The van der Waals surface area contributed by atoms with Gasteiger partial charge < -0.3 is 15.6 Å². The first kappa shape index (κ1) is 16.3. The number of aromatic amines is 1. The van der Waals surface area contributed by atoms with Crippen LogP contribution in [0, 0.1) is 0 Å². The van der Waals surface area contributed by atoms with Crippen LogP contribution in [0.5, 0.6) is 0 Å². The third-order valence-electron chi connectivity index (χ3n) is 4.76. The molecule has 3 rings (SSSR count). The van der Waals surface area contributed by atoms with Gasteiger partial charge in [-0.1, -0.05) is 38.1 Å². The first-order valence-corrected chi connectivity index (χ1v) is 8.18. The largest absolute Gasteiger partial charge is 0.357 e. The second-order valence-corrected chi connectivity index (χ2v) is 6.95. The van der Waals surface area contributed by atoms with E-state index in [1.54, 1.807) is 6.92 Å². The number of hydrogen-bond acceptors (Lipinski definition) is 2. The Morgan fingerprint density at radius 3 is 2.58 bits per heavy atom. The van der Waals surface area contributed by atoms with E-state index in [1.807, 2.05) is 30.3 Å². The van der Waals surface area contributed by atoms with Gasteiger partial charge in [0.25, 0.3) is 0 Å². The maximum Gasteiger partial charge on any atom is 0.243 e. The molecular formula is C19H23N3O2. The van der Waals surface area contributed by atoms with Crippen LogP contribution >= 0.6 is 0 Å². The van der Waals surface area contributed by atoms with Gasteiger partial charge in [0.05, 0.1) is 0 Å². The average molecular weight is 325 g/mol. The standard InChI is InChI=1S/C19H23N3O2/c1-5-19(3,4)16-13(12-8-6-7-9-14(12)21-16)10-15-18(24)20-11(2)17(23)22-15/h5-9,11,15,21H,1,10H2,2-4H3,(H,20,24)(H,22,23)/t11-,15+/m0/s1. The molecule has 5 heteroatoms. The predicted molar refractivity (Wildman–Crippen MR) is 94.8 cm³/mol. The molecule has 0 spiro atoms. The quantitative estimate of drug-likeness (QED) is 0.754. The van der Waals surface area contributed by atoms with Crippen LogP contribution in [0.1, 0.15) is 32.0 Å². The number of benzene rings is 1. The summed E-state index contributed by atoms with van der Waals surface area (Å²) in [4.78, 5) is 27.7. The molecule has 3 N–H and O–H groups in total. The zero-order valence-electron chi connectivity index (χ0n) is 14.3. The Labute approximate surface area is 141 Å². The molecule has 1 aliphatic rings. The normalized spacial score (nSPS) is 21.5. The molecular weight excluding hydrogens is 302 g/mol. The number of H-pyrrole nitrogens is 1. The molecule has 0 aliphatic carbocycles. The third-order valence-corrected chi connectivity index (χ3v) is 4.76. The van der Waals surface area contributed by atoms with Crippen molar-refractivity contribution >= 4 is 22.7 Å². The first-order valence-electron chi connectivity index (χ1n) is 8.18. The van der Waals surface area contributed by atoms with Gasteiger partial charge in [-0.05, 0) is 18.6 Å². The number of aromatic nitrogens is 1. The second kappa shape index (κ2) is 5.82. The summed E-state index contributed by atoms with van der Waals surface area (Å²) in [5.41, 5.74) is 2.83. The van der Waals surface area contributed by atoms with Crippen LogP contribution in [-0.4, -0.2) is 28.9 Å². The zero-order chi connectivity index (χ0) is 17.5. The number of carbonyl (C=O) groups is 2. The molecule has 1 aromatic heterocycles. The minimum atomic E-state index is -0.563. The lowest BCUT2D eigenvalue weighted by Crippen LogP contribution is -2.61. The van der Waals surface area contributed by atoms with Crippen LogP contribution < -0.4 is 10.6 Å². The number of para-hydroxylation sites is 1. The van der Waals surface area contributed by atoms with Gasteiger partial charge in [0.1, 0.15) is 12.1 Å². The Balaban J connectivity index is 2.05. The molecule has 1 fully saturated rings. The van der Waals surface area contributed by atoms with Gasteiger partial charge in [-0.15, -0.1) is 6.58 Å². The van der Waals surface area contributed by atoms with E-state index in [1.165, 1.54) is 0 Å². The molecule has 1 aromatic carbocycles. The highest BCUT2D eigenvalue weighted by atomic mass is 16.2. The van der Waals surface area contributed by atoms with Crippen molar-refractivity contribution < 1.29 is 9.59 Å². The highest BCUT2D eigenvalue weighted by Crippen LogP contribution is 2.33. The Bertz CT molecular complexity index is 819. The SMILES string of the molecule is C=CC(C)(C)c1[nH]c2ccccc2c1C[C@H]1NC(=O)[C@H](C)NC1=O. The molecule has 2 heterocycles. The number of fused-ring (bicyclic) bond motifs is 1. The number of nitrogens with one attached hydrogen (secondary N) is 3. The molecule has 0 unspecified atom stereocenters. The molecule has 0 bridgehead atoms. The van der Waals surface area contributed by atoms with Crippen LogP contribution in [0.2, 0.25) is 0 Å². The van der Waals surface area contributed by atoms with Crippen LogP contribution in [-0.2, 0) is 21.4 Å². The molecule has 2 atom stereocenters. The summed E-state index contributed by atoms with van der Waals surface area (Å²) >= 11 is 0. The summed E-state index contributed by atoms with van der Waals surface area (Å²) in [5.74, 6) is -0.293. The average Bonchev–Trinajstić information content (AvgIpc) is 2.92. The van der Waals surface area contributed by atoms with Crippen molar-refractivity contribution in [2.24, 2.45) is 0 Å². The summed E-state index contributed by atoms with van der Waals surface area (Å²) in [6.07, 6.45) is 2.34. The molecule has 24 heavy (non-hydrogen) atoms. The fraction of sp³-hybridized carbons (Fsp3) is 0.368. The highest BCUT2D eigenvalue weighted by molar-refractivity contribution is 5.97. The van der Waals surface area contributed by atoms with Crippen molar-refractivity contribution in [1.82, 2.24) is 15.6 Å². The maximum absolute atomic E-state index is 12.3. The van der Waals surface area contributed by atoms with Crippen LogP contribution in [0.4, 0.5) is 0 Å². The molecule has 1 saturated heterocycles. The predicted octanol–water partition coefficient (Wildman–Crippen LogP) is 2.18. The fourth-order valence-electron chi connectivity index (χ4n) is 3.15. The molecule has 0 radical (unpaired) electrons. The molecule has 5 nitrogen and oxygen atoms in total. The summed E-state index contributed by atoms with van der Waals surface area (Å²) in [5, 5.41) is 6.63. The van der Waals surface area contributed by atoms with Gasteiger partial charge >= 0.3 is 0 Å². The Morgan fingerprint density at radius 2 is 1.88 bits per heavy atom. The van der Waals surface area contributed by atoms with Crippen molar-refractivity contribution in [3.05, 3.63) is 48.2 Å². The summed E-state index contributed by atoms with van der Waals surface area (Å²) < 4.78 is 0. The van der Waals surface area contributed by atoms with Crippen molar-refractivity contribution in [3.63, 3.8) is 0 Å². The number of allylic oxidation sites excluding steroid dienone is 1. The monoisotopic (exact) mass is 325 g/mol. The summed E-state index contributed by atoms with van der Waals surface area (Å²) in [6.45, 7) is 9.78. The van der Waals surface area contributed by atoms with E-state index in [0.29, 0.717) is 6.42 Å². The lowest BCUT2D eigenvalue weighted by Gasteiger charge is -2.29. The fourth-order valence-corrected chi connectivity index (χ4v) is 3.15. The van der Waals surface area contributed by atoms with Gasteiger partial charge in [0, 0.05) is 28.4 Å². The number of rotatable bonds is 4. The first-order chi connectivity index (χ1) is 11.3. The Morgan fingerprint density at radius 1 is 1.17 bits per heavy atom. The topological polar surface area (TPSA) is 74.0 Å². The number of hydrogen-bond donors (Lipinski definition) is 3. The van der Waals surface area contributed by atoms with Gasteiger partial charge in [0.2, 0.25) is 11.8 Å².